The molecule has 0 fully saturated rings. The number of nitrogens with zero attached hydrogens (tertiary/aromatic N) is 1. The quantitative estimate of drug-likeness (QED) is 0.721. The fourth-order valence-corrected chi connectivity index (χ4v) is 3.31. The van der Waals surface area contributed by atoms with E-state index in [2.05, 4.69) is 14.9 Å². The Hall–Kier alpha value is -2.62. The molecule has 2 rings (SSSR count). The number of benzene rings is 1. The van der Waals surface area contributed by atoms with Crippen LogP contribution in [0.4, 0.5) is 10.1 Å². The van der Waals surface area contributed by atoms with Gasteiger partial charge in [-0.2, -0.15) is 13.5 Å². The Morgan fingerprint density at radius 2 is 2.08 bits per heavy atom. The zero-order valence-corrected chi connectivity index (χ0v) is 14.7. The lowest BCUT2D eigenvalue weighted by Crippen LogP contribution is -2.19. The lowest BCUT2D eigenvalue weighted by molar-refractivity contribution is 0.0520. The van der Waals surface area contributed by atoms with Gasteiger partial charge in [0.25, 0.3) is 10.0 Å². The van der Waals surface area contributed by atoms with Crippen molar-refractivity contribution in [1.82, 2.24) is 10.2 Å². The van der Waals surface area contributed by atoms with Crippen molar-refractivity contribution >= 4 is 21.7 Å². The molecule has 1 aromatic carbocycles. The highest BCUT2D eigenvalue weighted by molar-refractivity contribution is 7.92. The molecule has 0 radical (unpaired) electrons. The summed E-state index contributed by atoms with van der Waals surface area (Å²) in [6, 6.07) is 3.64. The lowest BCUT2D eigenvalue weighted by Gasteiger charge is -2.10. The first kappa shape index (κ1) is 18.7. The Morgan fingerprint density at radius 3 is 2.64 bits per heavy atom. The number of halogens is 1. The number of methoxy groups -OCH3 is 1. The zero-order chi connectivity index (χ0) is 18.6. The average Bonchev–Trinajstić information content (AvgIpc) is 3.02. The number of ether oxygens (including phenoxy) is 2. The molecule has 136 valence electrons. The highest BCUT2D eigenvalue weighted by atomic mass is 32.2. The van der Waals surface area contributed by atoms with E-state index in [1.165, 1.54) is 19.2 Å². The first-order valence-corrected chi connectivity index (χ1v) is 8.93. The highest BCUT2D eigenvalue weighted by Gasteiger charge is 2.30. The van der Waals surface area contributed by atoms with E-state index >= 15 is 0 Å². The monoisotopic (exact) mass is 371 g/mol. The number of aromatic nitrogens is 2. The van der Waals surface area contributed by atoms with Gasteiger partial charge in [0.05, 0.1) is 25.1 Å². The van der Waals surface area contributed by atoms with E-state index in [9.17, 15) is 17.6 Å². The number of rotatable bonds is 7. The number of hydrogen-bond donors (Lipinski definition) is 2. The predicted octanol–water partition coefficient (Wildman–Crippen LogP) is 2.10. The number of sulfonamides is 1. The molecule has 8 nitrogen and oxygen atoms in total. The number of aryl methyl sites for hydroxylation is 1. The van der Waals surface area contributed by atoms with Gasteiger partial charge >= 0.3 is 5.97 Å². The van der Waals surface area contributed by atoms with Crippen LogP contribution in [0.25, 0.3) is 0 Å². The number of hydrogen-bond acceptors (Lipinski definition) is 6. The third-order valence-corrected chi connectivity index (χ3v) is 4.61. The van der Waals surface area contributed by atoms with Crippen molar-refractivity contribution in [3.05, 3.63) is 35.3 Å². The van der Waals surface area contributed by atoms with Gasteiger partial charge < -0.3 is 9.47 Å². The van der Waals surface area contributed by atoms with Crippen molar-refractivity contribution < 1.29 is 27.1 Å². The van der Waals surface area contributed by atoms with Gasteiger partial charge in [0.15, 0.2) is 5.82 Å². The molecule has 0 bridgehead atoms. The first-order chi connectivity index (χ1) is 11.8. The zero-order valence-electron chi connectivity index (χ0n) is 13.9. The number of anilines is 1. The Labute approximate surface area is 144 Å². The van der Waals surface area contributed by atoms with Crippen LogP contribution in [-0.4, -0.2) is 38.3 Å². The van der Waals surface area contributed by atoms with E-state index in [-0.39, 0.29) is 23.6 Å². The smallest absolute Gasteiger partial charge is 0.343 e. The van der Waals surface area contributed by atoms with Crippen molar-refractivity contribution in [2.24, 2.45) is 0 Å². The van der Waals surface area contributed by atoms with E-state index in [1.54, 1.807) is 13.8 Å². The van der Waals surface area contributed by atoms with Crippen LogP contribution in [0, 0.1) is 5.82 Å². The molecule has 1 aromatic heterocycles. The predicted molar refractivity (Wildman–Crippen MR) is 87.7 cm³/mol. The third-order valence-electron chi connectivity index (χ3n) is 3.32. The molecule has 0 saturated carbocycles. The fourth-order valence-electron chi connectivity index (χ4n) is 2.12. The summed E-state index contributed by atoms with van der Waals surface area (Å²) in [6.07, 6.45) is 0.341. The molecule has 0 aliphatic heterocycles. The fraction of sp³-hybridized carbons (Fsp3) is 0.333. The molecule has 1 heterocycles. The van der Waals surface area contributed by atoms with Crippen molar-refractivity contribution in [1.29, 1.82) is 0 Å². The molecular formula is C15H18FN3O5S. The minimum absolute atomic E-state index is 0.0766. The van der Waals surface area contributed by atoms with E-state index in [0.29, 0.717) is 12.1 Å². The van der Waals surface area contributed by atoms with Gasteiger partial charge in [-0.3, -0.25) is 9.82 Å². The molecule has 0 aliphatic carbocycles. The first-order valence-electron chi connectivity index (χ1n) is 7.44. The largest absolute Gasteiger partial charge is 0.497 e. The molecule has 0 saturated heterocycles. The van der Waals surface area contributed by atoms with Gasteiger partial charge in [0.1, 0.15) is 11.3 Å². The summed E-state index contributed by atoms with van der Waals surface area (Å²) in [6.45, 7) is 3.40. The van der Waals surface area contributed by atoms with Crippen LogP contribution in [0.2, 0.25) is 0 Å². The average molecular weight is 371 g/mol. The Morgan fingerprint density at radius 1 is 1.36 bits per heavy atom. The summed E-state index contributed by atoms with van der Waals surface area (Å²) in [5.74, 6) is -1.41. The van der Waals surface area contributed by atoms with E-state index in [1.807, 2.05) is 0 Å². The van der Waals surface area contributed by atoms with E-state index in [4.69, 9.17) is 9.47 Å². The molecule has 10 heteroatoms. The SMILES string of the molecule is CCOC(=O)c1c(S(=O)(=O)Nc2ccc(OC)cc2F)n[nH]c1CC. The summed E-state index contributed by atoms with van der Waals surface area (Å²) in [4.78, 5) is 12.1. The number of carbonyl (C=O) groups excluding carboxylic acids is 1. The van der Waals surface area contributed by atoms with Crippen molar-refractivity contribution in [2.45, 2.75) is 25.3 Å². The van der Waals surface area contributed by atoms with E-state index in [0.717, 1.165) is 6.07 Å². The second-order valence-corrected chi connectivity index (χ2v) is 6.51. The Kier molecular flexibility index (Phi) is 5.62. The molecule has 0 atom stereocenters. The number of H-pyrrole nitrogens is 1. The Balaban J connectivity index is 2.43. The maximum absolute atomic E-state index is 14.0. The van der Waals surface area contributed by atoms with Crippen molar-refractivity contribution in [2.75, 3.05) is 18.4 Å². The van der Waals surface area contributed by atoms with Crippen LogP contribution < -0.4 is 9.46 Å². The van der Waals surface area contributed by atoms with Gasteiger partial charge in [-0.25, -0.2) is 9.18 Å². The molecule has 25 heavy (non-hydrogen) atoms. The summed E-state index contributed by atoms with van der Waals surface area (Å²) in [5, 5.41) is 5.66. The molecule has 2 aromatic rings. The number of carbonyl (C=O) groups is 1. The molecule has 0 amide bonds. The van der Waals surface area contributed by atoms with Gasteiger partial charge in [-0.15, -0.1) is 0 Å². The maximum Gasteiger partial charge on any atom is 0.343 e. The van der Waals surface area contributed by atoms with Crippen LogP contribution in [0.5, 0.6) is 5.75 Å². The van der Waals surface area contributed by atoms with E-state index < -0.39 is 26.8 Å². The lowest BCUT2D eigenvalue weighted by atomic mass is 10.2. The highest BCUT2D eigenvalue weighted by Crippen LogP contribution is 2.25. The minimum atomic E-state index is -4.31. The van der Waals surface area contributed by atoms with Crippen LogP contribution in [0.3, 0.4) is 0 Å². The normalized spacial score (nSPS) is 11.2. The molecule has 0 aliphatic rings. The van der Waals surface area contributed by atoms with Crippen LogP contribution >= 0.6 is 0 Å². The molecule has 2 N–H and O–H groups in total. The van der Waals surface area contributed by atoms with Crippen LogP contribution in [-0.2, 0) is 21.2 Å². The van der Waals surface area contributed by atoms with Gasteiger partial charge in [-0.1, -0.05) is 6.92 Å². The minimum Gasteiger partial charge on any atom is -0.497 e. The topological polar surface area (TPSA) is 110 Å². The molecule has 0 spiro atoms. The van der Waals surface area contributed by atoms with Crippen LogP contribution in [0.1, 0.15) is 29.9 Å². The molecular weight excluding hydrogens is 353 g/mol. The summed E-state index contributed by atoms with van der Waals surface area (Å²) >= 11 is 0. The van der Waals surface area contributed by atoms with Crippen molar-refractivity contribution in [3.63, 3.8) is 0 Å². The summed E-state index contributed by atoms with van der Waals surface area (Å²) in [7, 11) is -2.95. The third kappa shape index (κ3) is 3.90. The number of esters is 1. The van der Waals surface area contributed by atoms with Gasteiger partial charge in [0.2, 0.25) is 5.03 Å². The standard InChI is InChI=1S/C15H18FN3O5S/c1-4-11-13(15(20)24-5-2)14(18-17-11)25(21,22)19-12-7-6-9(23-3)8-10(12)16/h6-8,19H,4-5H2,1-3H3,(H,17,18). The van der Waals surface area contributed by atoms with Crippen LogP contribution in [0.15, 0.2) is 23.2 Å². The van der Waals surface area contributed by atoms with Crippen molar-refractivity contribution in [3.8, 4) is 5.75 Å². The second-order valence-electron chi connectivity index (χ2n) is 4.91. The Bertz CT molecular complexity index is 879. The van der Waals surface area contributed by atoms with Gasteiger partial charge in [0, 0.05) is 6.07 Å². The maximum atomic E-state index is 14.0. The summed E-state index contributed by atoms with van der Waals surface area (Å²) < 4.78 is 51.0. The second kappa shape index (κ2) is 7.51. The number of aromatic amines is 1. The summed E-state index contributed by atoms with van der Waals surface area (Å²) in [5.41, 5.74) is -0.170. The molecule has 0 unspecified atom stereocenters. The number of nitrogens with one attached hydrogen (secondary N) is 2. The van der Waals surface area contributed by atoms with Gasteiger partial charge in [-0.05, 0) is 25.5 Å².